The van der Waals surface area contributed by atoms with Gasteiger partial charge in [0.1, 0.15) is 0 Å². The summed E-state index contributed by atoms with van der Waals surface area (Å²) in [5.41, 5.74) is 2.84. The Morgan fingerprint density at radius 2 is 1.26 bits per heavy atom. The van der Waals surface area contributed by atoms with Crippen LogP contribution < -0.4 is 0 Å². The fourth-order valence-corrected chi connectivity index (χ4v) is 4.81. The Kier molecular flexibility index (Phi) is 8.10. The van der Waals surface area contributed by atoms with Crippen LogP contribution >= 0.6 is 0 Å². The van der Waals surface area contributed by atoms with Gasteiger partial charge in [-0.05, 0) is 60.3 Å². The lowest BCUT2D eigenvalue weighted by atomic mass is 9.87. The number of hydrogen-bond donors (Lipinski definition) is 0. The van der Waals surface area contributed by atoms with Crippen molar-refractivity contribution >= 4 is 5.57 Å². The standard InChI is InChI=1S/C31H32F4/c1-3-4-5-6-7-24-16-17-25(29(33)28(24)32)22-12-14-23(15-13-22)27-19-18-26(30(34)31(27)35)21-10-8-20(2)9-11-21/h10,12-20H,3-9,11H2,1-2H3. The maximum atomic E-state index is 15.0. The highest BCUT2D eigenvalue weighted by molar-refractivity contribution is 5.74. The van der Waals surface area contributed by atoms with Crippen LogP contribution in [-0.4, -0.2) is 0 Å². The van der Waals surface area contributed by atoms with Crippen LogP contribution in [0, 0.1) is 29.2 Å². The Morgan fingerprint density at radius 1 is 0.686 bits per heavy atom. The topological polar surface area (TPSA) is 0 Å². The van der Waals surface area contributed by atoms with E-state index in [9.17, 15) is 13.2 Å². The van der Waals surface area contributed by atoms with Crippen molar-refractivity contribution in [2.24, 2.45) is 5.92 Å². The SMILES string of the molecule is CCCCCCc1ccc(-c2ccc(-c3ccc(C4=CCC(C)CC4)c(F)c3F)cc2)c(F)c1F. The maximum absolute atomic E-state index is 15.0. The maximum Gasteiger partial charge on any atom is 0.167 e. The summed E-state index contributed by atoms with van der Waals surface area (Å²) in [4.78, 5) is 0. The lowest BCUT2D eigenvalue weighted by molar-refractivity contribution is 0.498. The van der Waals surface area contributed by atoms with Crippen LogP contribution in [0.1, 0.15) is 69.9 Å². The van der Waals surface area contributed by atoms with Gasteiger partial charge < -0.3 is 0 Å². The molecule has 0 saturated carbocycles. The number of unbranched alkanes of at least 4 members (excludes halogenated alkanes) is 3. The van der Waals surface area contributed by atoms with Crippen molar-refractivity contribution in [3.8, 4) is 22.3 Å². The summed E-state index contributed by atoms with van der Waals surface area (Å²) in [7, 11) is 0. The predicted octanol–water partition coefficient (Wildman–Crippen LogP) is 9.90. The van der Waals surface area contributed by atoms with Crippen molar-refractivity contribution < 1.29 is 17.6 Å². The molecule has 0 heterocycles. The van der Waals surface area contributed by atoms with Crippen LogP contribution in [0.25, 0.3) is 27.8 Å². The number of aryl methyl sites for hydroxylation is 1. The second-order valence-corrected chi connectivity index (χ2v) is 9.69. The molecule has 0 aliphatic heterocycles. The van der Waals surface area contributed by atoms with Crippen molar-refractivity contribution in [1.82, 2.24) is 0 Å². The Morgan fingerprint density at radius 3 is 1.86 bits per heavy atom. The van der Waals surface area contributed by atoms with Gasteiger partial charge in [0.05, 0.1) is 0 Å². The highest BCUT2D eigenvalue weighted by Gasteiger charge is 2.20. The molecule has 4 heteroatoms. The Balaban J connectivity index is 1.55. The lowest BCUT2D eigenvalue weighted by Crippen LogP contribution is -2.04. The van der Waals surface area contributed by atoms with Crippen molar-refractivity contribution in [2.75, 3.05) is 0 Å². The average Bonchev–Trinajstić information content (AvgIpc) is 2.87. The molecule has 4 rings (SSSR count). The van der Waals surface area contributed by atoms with E-state index in [-0.39, 0.29) is 11.1 Å². The number of benzene rings is 3. The number of halogens is 4. The molecule has 0 aromatic heterocycles. The Hall–Kier alpha value is -2.88. The minimum Gasteiger partial charge on any atom is -0.203 e. The molecule has 3 aromatic carbocycles. The number of rotatable bonds is 8. The smallest absolute Gasteiger partial charge is 0.167 e. The fraction of sp³-hybridized carbons (Fsp3) is 0.355. The molecule has 1 atom stereocenters. The summed E-state index contributed by atoms with van der Waals surface area (Å²) in [6, 6.07) is 12.9. The molecule has 0 saturated heterocycles. The average molecular weight is 481 g/mol. The lowest BCUT2D eigenvalue weighted by Gasteiger charge is -2.19. The van der Waals surface area contributed by atoms with Crippen molar-refractivity contribution in [3.63, 3.8) is 0 Å². The van der Waals surface area contributed by atoms with Gasteiger partial charge in [0, 0.05) is 16.7 Å². The predicted molar refractivity (Wildman–Crippen MR) is 136 cm³/mol. The second kappa shape index (κ2) is 11.2. The van der Waals surface area contributed by atoms with Crippen LogP contribution in [0.4, 0.5) is 17.6 Å². The number of hydrogen-bond acceptors (Lipinski definition) is 0. The Bertz CT molecular complexity index is 1210. The third-order valence-electron chi connectivity index (χ3n) is 7.07. The minimum absolute atomic E-state index is 0.150. The van der Waals surface area contributed by atoms with E-state index in [1.807, 2.05) is 6.08 Å². The molecule has 0 amide bonds. The quantitative estimate of drug-likeness (QED) is 0.222. The largest absolute Gasteiger partial charge is 0.203 e. The van der Waals surface area contributed by atoms with Gasteiger partial charge in [-0.25, -0.2) is 17.6 Å². The molecule has 0 radical (unpaired) electrons. The summed E-state index contributed by atoms with van der Waals surface area (Å²) in [6.45, 7) is 4.26. The van der Waals surface area contributed by atoms with Gasteiger partial charge in [0.25, 0.3) is 0 Å². The monoisotopic (exact) mass is 480 g/mol. The summed E-state index contributed by atoms with van der Waals surface area (Å²) in [5.74, 6) is -2.85. The first-order chi connectivity index (χ1) is 16.9. The highest BCUT2D eigenvalue weighted by Crippen LogP contribution is 2.36. The van der Waals surface area contributed by atoms with E-state index in [0.717, 1.165) is 50.5 Å². The summed E-state index contributed by atoms with van der Waals surface area (Å²) >= 11 is 0. The first kappa shape index (κ1) is 25.2. The van der Waals surface area contributed by atoms with E-state index in [2.05, 4.69) is 13.8 Å². The van der Waals surface area contributed by atoms with Gasteiger partial charge in [-0.1, -0.05) is 87.7 Å². The van der Waals surface area contributed by atoms with E-state index in [1.54, 1.807) is 48.5 Å². The normalized spacial score (nSPS) is 15.8. The number of allylic oxidation sites excluding steroid dienone is 2. The molecule has 184 valence electrons. The second-order valence-electron chi connectivity index (χ2n) is 9.69. The summed E-state index contributed by atoms with van der Waals surface area (Å²) < 4.78 is 59.4. The van der Waals surface area contributed by atoms with Crippen molar-refractivity contribution in [1.29, 1.82) is 0 Å². The van der Waals surface area contributed by atoms with Crippen LogP contribution in [-0.2, 0) is 6.42 Å². The first-order valence-electron chi connectivity index (χ1n) is 12.7. The van der Waals surface area contributed by atoms with Crippen LogP contribution in [0.3, 0.4) is 0 Å². The zero-order chi connectivity index (χ0) is 24.9. The molecule has 3 aromatic rings. The van der Waals surface area contributed by atoms with Crippen molar-refractivity contribution in [3.05, 3.63) is 89.0 Å². The van der Waals surface area contributed by atoms with Gasteiger partial charge in [-0.15, -0.1) is 0 Å². The fourth-order valence-electron chi connectivity index (χ4n) is 4.81. The zero-order valence-electron chi connectivity index (χ0n) is 20.4. The minimum atomic E-state index is -0.889. The third kappa shape index (κ3) is 5.52. The van der Waals surface area contributed by atoms with E-state index in [4.69, 9.17) is 0 Å². The summed E-state index contributed by atoms with van der Waals surface area (Å²) in [6.07, 6.45) is 9.09. The molecule has 1 aliphatic carbocycles. The van der Waals surface area contributed by atoms with Gasteiger partial charge in [-0.3, -0.25) is 0 Å². The first-order valence-corrected chi connectivity index (χ1v) is 12.7. The third-order valence-corrected chi connectivity index (χ3v) is 7.07. The molecule has 35 heavy (non-hydrogen) atoms. The van der Waals surface area contributed by atoms with E-state index >= 15 is 4.39 Å². The van der Waals surface area contributed by atoms with Gasteiger partial charge in [0.15, 0.2) is 23.3 Å². The molecule has 0 spiro atoms. The van der Waals surface area contributed by atoms with Crippen LogP contribution in [0.15, 0.2) is 54.6 Å². The molecular formula is C31H32F4. The van der Waals surface area contributed by atoms with Gasteiger partial charge >= 0.3 is 0 Å². The highest BCUT2D eigenvalue weighted by atomic mass is 19.2. The van der Waals surface area contributed by atoms with Gasteiger partial charge in [0.2, 0.25) is 0 Å². The van der Waals surface area contributed by atoms with Gasteiger partial charge in [-0.2, -0.15) is 0 Å². The molecule has 0 fully saturated rings. The Labute approximate surface area is 205 Å². The molecule has 0 nitrogen and oxygen atoms in total. The van der Waals surface area contributed by atoms with E-state index in [0.29, 0.717) is 34.6 Å². The van der Waals surface area contributed by atoms with Crippen LogP contribution in [0.2, 0.25) is 0 Å². The molecular weight excluding hydrogens is 448 g/mol. The van der Waals surface area contributed by atoms with E-state index in [1.165, 1.54) is 0 Å². The van der Waals surface area contributed by atoms with Crippen molar-refractivity contribution in [2.45, 2.75) is 65.2 Å². The molecule has 1 unspecified atom stereocenters. The molecule has 1 aliphatic rings. The van der Waals surface area contributed by atoms with Crippen LogP contribution in [0.5, 0.6) is 0 Å². The van der Waals surface area contributed by atoms with E-state index < -0.39 is 23.3 Å². The summed E-state index contributed by atoms with van der Waals surface area (Å²) in [5, 5.41) is 0. The molecule has 0 N–H and O–H groups in total. The molecule has 0 bridgehead atoms. The zero-order valence-corrected chi connectivity index (χ0v) is 20.4.